The van der Waals surface area contributed by atoms with Crippen LogP contribution >= 0.6 is 0 Å². The van der Waals surface area contributed by atoms with Gasteiger partial charge in [0.2, 0.25) is 5.91 Å². The average molecular weight is 228 g/mol. The Bertz CT molecular complexity index is 252. The highest BCUT2D eigenvalue weighted by Crippen LogP contribution is 2.15. The molecule has 1 unspecified atom stereocenters. The van der Waals surface area contributed by atoms with E-state index in [0.717, 1.165) is 19.6 Å². The maximum Gasteiger partial charge on any atom is 0.239 e. The van der Waals surface area contributed by atoms with Crippen molar-refractivity contribution < 1.29 is 4.79 Å². The monoisotopic (exact) mass is 228 g/mol. The minimum atomic E-state index is -0.173. The van der Waals surface area contributed by atoms with Gasteiger partial charge in [0.15, 0.2) is 0 Å². The van der Waals surface area contributed by atoms with Crippen LogP contribution in [0.5, 0.6) is 0 Å². The molecule has 1 atom stereocenters. The maximum absolute atomic E-state index is 11.8. The van der Waals surface area contributed by atoms with Crippen LogP contribution in [0.4, 0.5) is 0 Å². The fraction of sp³-hybridized carbons (Fsp3) is 0.909. The summed E-state index contributed by atoms with van der Waals surface area (Å²) in [6.45, 7) is 7.15. The molecular formula is C11H24N4O. The second-order valence-corrected chi connectivity index (χ2v) is 5.40. The normalized spacial score (nSPS) is 25.9. The molecule has 0 aromatic rings. The largest absolute Gasteiger partial charge is 0.349 e. The van der Waals surface area contributed by atoms with Gasteiger partial charge in [-0.3, -0.25) is 9.69 Å². The zero-order valence-electron chi connectivity index (χ0n) is 10.8. The lowest BCUT2D eigenvalue weighted by molar-refractivity contribution is -0.132. The van der Waals surface area contributed by atoms with E-state index >= 15 is 0 Å². The van der Waals surface area contributed by atoms with E-state index < -0.39 is 0 Å². The van der Waals surface area contributed by atoms with Gasteiger partial charge in [-0.25, -0.2) is 0 Å². The number of nitrogens with zero attached hydrogens (tertiary/aromatic N) is 2. The van der Waals surface area contributed by atoms with E-state index in [2.05, 4.69) is 15.1 Å². The molecule has 0 aromatic carbocycles. The van der Waals surface area contributed by atoms with E-state index in [1.165, 1.54) is 0 Å². The van der Waals surface area contributed by atoms with Crippen molar-refractivity contribution >= 4 is 5.91 Å². The summed E-state index contributed by atoms with van der Waals surface area (Å²) in [7, 11) is 4.07. The molecule has 0 radical (unpaired) electrons. The second-order valence-electron chi connectivity index (χ2n) is 5.40. The standard InChI is InChI=1S/C11H24N4O/c1-11(2)8-15(6-5-14(3)4)9(7-12)10(16)13-11/h9H,5-8,12H2,1-4H3,(H,13,16). The highest BCUT2D eigenvalue weighted by atomic mass is 16.2. The molecule has 0 spiro atoms. The van der Waals surface area contributed by atoms with E-state index in [1.54, 1.807) is 0 Å². The Kier molecular flexibility index (Phi) is 4.29. The third-order valence-electron chi connectivity index (χ3n) is 2.86. The quantitative estimate of drug-likeness (QED) is 0.654. The number of amides is 1. The number of carbonyl (C=O) groups is 1. The summed E-state index contributed by atoms with van der Waals surface area (Å²) in [5.74, 6) is 0.0532. The van der Waals surface area contributed by atoms with Crippen molar-refractivity contribution in [3.63, 3.8) is 0 Å². The highest BCUT2D eigenvalue weighted by Gasteiger charge is 2.37. The number of hydrogen-bond donors (Lipinski definition) is 2. The van der Waals surface area contributed by atoms with Gasteiger partial charge < -0.3 is 16.0 Å². The van der Waals surface area contributed by atoms with Crippen molar-refractivity contribution in [3.05, 3.63) is 0 Å². The molecule has 0 saturated carbocycles. The van der Waals surface area contributed by atoms with Gasteiger partial charge in [0.05, 0.1) is 0 Å². The Morgan fingerprint density at radius 3 is 2.69 bits per heavy atom. The van der Waals surface area contributed by atoms with Crippen molar-refractivity contribution in [1.29, 1.82) is 0 Å². The molecule has 1 fully saturated rings. The molecule has 1 amide bonds. The van der Waals surface area contributed by atoms with E-state index in [4.69, 9.17) is 5.73 Å². The van der Waals surface area contributed by atoms with Gasteiger partial charge in [-0.1, -0.05) is 0 Å². The van der Waals surface area contributed by atoms with Gasteiger partial charge in [-0.15, -0.1) is 0 Å². The molecule has 5 heteroatoms. The lowest BCUT2D eigenvalue weighted by Crippen LogP contribution is -2.67. The van der Waals surface area contributed by atoms with Crippen LogP contribution in [0.1, 0.15) is 13.8 Å². The fourth-order valence-electron chi connectivity index (χ4n) is 2.06. The van der Waals surface area contributed by atoms with Crippen LogP contribution in [0.3, 0.4) is 0 Å². The molecule has 3 N–H and O–H groups in total. The van der Waals surface area contributed by atoms with Crippen LogP contribution in [-0.4, -0.2) is 67.6 Å². The number of carbonyl (C=O) groups excluding carboxylic acids is 1. The van der Waals surface area contributed by atoms with Crippen LogP contribution < -0.4 is 11.1 Å². The Balaban J connectivity index is 2.65. The molecule has 16 heavy (non-hydrogen) atoms. The number of likely N-dealkylation sites (N-methyl/N-ethyl adjacent to an activating group) is 1. The number of rotatable bonds is 4. The maximum atomic E-state index is 11.8. The number of nitrogens with two attached hydrogens (primary N) is 1. The predicted octanol–water partition coefficient (Wildman–Crippen LogP) is -0.914. The molecule has 0 bridgehead atoms. The minimum absolute atomic E-state index is 0.0532. The molecule has 1 aliphatic heterocycles. The minimum Gasteiger partial charge on any atom is -0.349 e. The Hall–Kier alpha value is -0.650. The van der Waals surface area contributed by atoms with Gasteiger partial charge in [-0.2, -0.15) is 0 Å². The lowest BCUT2D eigenvalue weighted by atomic mass is 9.98. The third kappa shape index (κ3) is 3.43. The Morgan fingerprint density at radius 2 is 2.19 bits per heavy atom. The second kappa shape index (κ2) is 5.12. The average Bonchev–Trinajstić information content (AvgIpc) is 2.12. The molecule has 1 heterocycles. The number of hydrogen-bond acceptors (Lipinski definition) is 4. The molecule has 5 nitrogen and oxygen atoms in total. The SMILES string of the molecule is CN(C)CCN1CC(C)(C)NC(=O)C1CN. The van der Waals surface area contributed by atoms with E-state index in [9.17, 15) is 4.79 Å². The summed E-state index contributed by atoms with van der Waals surface area (Å²) in [5, 5.41) is 3.00. The van der Waals surface area contributed by atoms with Crippen LogP contribution in [-0.2, 0) is 4.79 Å². The smallest absolute Gasteiger partial charge is 0.239 e. The number of nitrogens with one attached hydrogen (secondary N) is 1. The van der Waals surface area contributed by atoms with Gasteiger partial charge >= 0.3 is 0 Å². The molecule has 1 rings (SSSR count). The first-order chi connectivity index (χ1) is 7.35. The summed E-state index contributed by atoms with van der Waals surface area (Å²) >= 11 is 0. The van der Waals surface area contributed by atoms with Gasteiger partial charge in [0, 0.05) is 31.7 Å². The Labute approximate surface area is 98.0 Å². The molecule has 0 aliphatic carbocycles. The van der Waals surface area contributed by atoms with Gasteiger partial charge in [0.25, 0.3) is 0 Å². The molecule has 1 saturated heterocycles. The van der Waals surface area contributed by atoms with E-state index in [-0.39, 0.29) is 17.5 Å². The summed E-state index contributed by atoms with van der Waals surface area (Å²) in [5.41, 5.74) is 5.51. The first-order valence-corrected chi connectivity index (χ1v) is 5.76. The third-order valence-corrected chi connectivity index (χ3v) is 2.86. The van der Waals surface area contributed by atoms with Crippen LogP contribution in [0, 0.1) is 0 Å². The van der Waals surface area contributed by atoms with Crippen molar-refractivity contribution in [2.75, 3.05) is 40.3 Å². The summed E-state index contributed by atoms with van der Waals surface area (Å²) in [6, 6.07) is -0.173. The fourth-order valence-corrected chi connectivity index (χ4v) is 2.06. The van der Waals surface area contributed by atoms with Crippen molar-refractivity contribution in [3.8, 4) is 0 Å². The van der Waals surface area contributed by atoms with Gasteiger partial charge in [0.1, 0.15) is 6.04 Å². The predicted molar refractivity (Wildman–Crippen MR) is 65.2 cm³/mol. The number of piperazine rings is 1. The van der Waals surface area contributed by atoms with E-state index in [1.807, 2.05) is 27.9 Å². The summed E-state index contributed by atoms with van der Waals surface area (Å²) in [4.78, 5) is 16.1. The summed E-state index contributed by atoms with van der Waals surface area (Å²) < 4.78 is 0. The molecule has 94 valence electrons. The Morgan fingerprint density at radius 1 is 1.56 bits per heavy atom. The first kappa shape index (κ1) is 13.4. The zero-order valence-corrected chi connectivity index (χ0v) is 10.8. The molecular weight excluding hydrogens is 204 g/mol. The zero-order chi connectivity index (χ0) is 12.3. The van der Waals surface area contributed by atoms with Crippen LogP contribution in [0.15, 0.2) is 0 Å². The van der Waals surface area contributed by atoms with E-state index in [0.29, 0.717) is 6.54 Å². The topological polar surface area (TPSA) is 61.6 Å². The van der Waals surface area contributed by atoms with Crippen molar-refractivity contribution in [2.24, 2.45) is 5.73 Å². The van der Waals surface area contributed by atoms with Crippen LogP contribution in [0.25, 0.3) is 0 Å². The van der Waals surface area contributed by atoms with Crippen molar-refractivity contribution in [2.45, 2.75) is 25.4 Å². The summed E-state index contributed by atoms with van der Waals surface area (Å²) in [6.07, 6.45) is 0. The van der Waals surface area contributed by atoms with Crippen molar-refractivity contribution in [1.82, 2.24) is 15.1 Å². The molecule has 0 aromatic heterocycles. The van der Waals surface area contributed by atoms with Gasteiger partial charge in [-0.05, 0) is 27.9 Å². The molecule has 1 aliphatic rings. The highest BCUT2D eigenvalue weighted by molar-refractivity contribution is 5.83. The lowest BCUT2D eigenvalue weighted by Gasteiger charge is -2.43. The van der Waals surface area contributed by atoms with Crippen LogP contribution in [0.2, 0.25) is 0 Å². The first-order valence-electron chi connectivity index (χ1n) is 5.76.